The summed E-state index contributed by atoms with van der Waals surface area (Å²) in [6, 6.07) is 6.05. The van der Waals surface area contributed by atoms with Crippen molar-refractivity contribution in [3.63, 3.8) is 0 Å². The Balaban J connectivity index is 1.47. The number of hydrogen-bond acceptors (Lipinski definition) is 7. The van der Waals surface area contributed by atoms with E-state index >= 15 is 0 Å². The molecule has 2 aromatic heterocycles. The van der Waals surface area contributed by atoms with Gasteiger partial charge in [-0.25, -0.2) is 9.78 Å². The lowest BCUT2D eigenvalue weighted by molar-refractivity contribution is -0.119. The number of fused-ring (bicyclic) bond motifs is 2. The van der Waals surface area contributed by atoms with Crippen molar-refractivity contribution in [2.24, 2.45) is 5.73 Å². The average molecular weight is 440 g/mol. The van der Waals surface area contributed by atoms with Crippen molar-refractivity contribution < 1.29 is 19.1 Å². The van der Waals surface area contributed by atoms with Gasteiger partial charge in [-0.2, -0.15) is 0 Å². The molecule has 3 heterocycles. The zero-order valence-corrected chi connectivity index (χ0v) is 17.4. The van der Waals surface area contributed by atoms with Crippen LogP contribution in [0.4, 0.5) is 5.00 Å². The van der Waals surface area contributed by atoms with Gasteiger partial charge in [-0.1, -0.05) is 6.42 Å². The number of hydrogen-bond donors (Lipinski definition) is 2. The molecule has 3 aromatic rings. The highest BCUT2D eigenvalue weighted by molar-refractivity contribution is 7.14. The number of thiophene rings is 1. The van der Waals surface area contributed by atoms with Gasteiger partial charge in [0.25, 0.3) is 17.4 Å². The Labute approximate surface area is 180 Å². The topological polar surface area (TPSA) is 133 Å². The maximum Gasteiger partial charge on any atom is 0.338 e. The molecule has 2 amide bonds. The number of primary amides is 1. The number of nitrogens with zero attached hydrogens (tertiary/aromatic N) is 2. The van der Waals surface area contributed by atoms with Crippen LogP contribution in [0.5, 0.6) is 0 Å². The Morgan fingerprint density at radius 3 is 2.84 bits per heavy atom. The third-order valence-electron chi connectivity index (χ3n) is 5.07. The van der Waals surface area contributed by atoms with Crippen molar-refractivity contribution in [3.8, 4) is 0 Å². The van der Waals surface area contributed by atoms with Crippen LogP contribution in [-0.4, -0.2) is 33.9 Å². The van der Waals surface area contributed by atoms with Gasteiger partial charge in [-0.3, -0.25) is 19.0 Å². The number of benzene rings is 1. The van der Waals surface area contributed by atoms with Gasteiger partial charge in [0.1, 0.15) is 10.8 Å². The highest BCUT2D eigenvalue weighted by atomic mass is 32.1. The van der Waals surface area contributed by atoms with E-state index in [0.717, 1.165) is 42.8 Å². The lowest BCUT2D eigenvalue weighted by atomic mass is 10.1. The van der Waals surface area contributed by atoms with Gasteiger partial charge in [-0.15, -0.1) is 11.3 Å². The van der Waals surface area contributed by atoms with Crippen LogP contribution in [-0.2, 0) is 22.5 Å². The van der Waals surface area contributed by atoms with E-state index < -0.39 is 24.4 Å². The zero-order valence-electron chi connectivity index (χ0n) is 16.6. The molecule has 0 atom stereocenters. The summed E-state index contributed by atoms with van der Waals surface area (Å²) in [5, 5.41) is 4.86. The van der Waals surface area contributed by atoms with Crippen LogP contribution in [0.2, 0.25) is 0 Å². The minimum atomic E-state index is -0.713. The molecule has 1 aromatic carbocycles. The number of anilines is 1. The van der Waals surface area contributed by atoms with E-state index in [4.69, 9.17) is 10.5 Å². The molecule has 31 heavy (non-hydrogen) atoms. The van der Waals surface area contributed by atoms with Crippen molar-refractivity contribution in [1.82, 2.24) is 9.55 Å². The van der Waals surface area contributed by atoms with Crippen molar-refractivity contribution in [1.29, 1.82) is 0 Å². The number of carbonyl (C=O) groups is 3. The highest BCUT2D eigenvalue weighted by Gasteiger charge is 2.17. The molecule has 9 nitrogen and oxygen atoms in total. The SMILES string of the molecule is NC(=O)c1ccsc1NC(=O)COC(=O)c1ccc2c(=O)n3c(nc2c1)CCCCC3. The average Bonchev–Trinajstić information content (AvgIpc) is 3.08. The Bertz CT molecular complexity index is 1250. The molecule has 1 aliphatic rings. The quantitative estimate of drug-likeness (QED) is 0.584. The second kappa shape index (κ2) is 8.68. The van der Waals surface area contributed by atoms with Gasteiger partial charge in [-0.05, 0) is 42.5 Å². The van der Waals surface area contributed by atoms with Crippen LogP contribution in [0.3, 0.4) is 0 Å². The second-order valence-corrected chi connectivity index (χ2v) is 8.10. The molecule has 0 aliphatic carbocycles. The van der Waals surface area contributed by atoms with E-state index in [1.807, 2.05) is 0 Å². The molecule has 0 radical (unpaired) electrons. The highest BCUT2D eigenvalue weighted by Crippen LogP contribution is 2.22. The number of amides is 2. The molecule has 10 heteroatoms. The number of nitrogens with one attached hydrogen (secondary N) is 1. The fraction of sp³-hybridized carbons (Fsp3) is 0.286. The predicted octanol–water partition coefficient (Wildman–Crippen LogP) is 2.08. The number of carbonyl (C=O) groups excluding carboxylic acids is 3. The maximum absolute atomic E-state index is 12.8. The number of esters is 1. The molecule has 160 valence electrons. The predicted molar refractivity (Wildman–Crippen MR) is 115 cm³/mol. The third kappa shape index (κ3) is 4.33. The van der Waals surface area contributed by atoms with Crippen molar-refractivity contribution >= 4 is 45.0 Å². The fourth-order valence-corrected chi connectivity index (χ4v) is 4.33. The Kier molecular flexibility index (Phi) is 5.81. The van der Waals surface area contributed by atoms with E-state index in [1.54, 1.807) is 16.0 Å². The number of ether oxygens (including phenoxy) is 1. The van der Waals surface area contributed by atoms with Gasteiger partial charge in [0.2, 0.25) is 0 Å². The molecular weight excluding hydrogens is 420 g/mol. The summed E-state index contributed by atoms with van der Waals surface area (Å²) in [7, 11) is 0. The minimum absolute atomic E-state index is 0.109. The monoisotopic (exact) mass is 440 g/mol. The molecule has 0 saturated heterocycles. The lowest BCUT2D eigenvalue weighted by Crippen LogP contribution is -2.25. The molecule has 0 bridgehead atoms. The normalized spacial score (nSPS) is 13.3. The van der Waals surface area contributed by atoms with Crippen LogP contribution < -0.4 is 16.6 Å². The number of aryl methyl sites for hydroxylation is 1. The standard InChI is InChI=1S/C21H20N4O5S/c22-18(27)14-7-9-31-19(14)24-17(26)11-30-21(29)12-5-6-13-15(10-12)23-16-4-2-1-3-8-25(16)20(13)28/h5-7,9-10H,1-4,8,11H2,(H2,22,27)(H,24,26). The molecule has 0 unspecified atom stereocenters. The Morgan fingerprint density at radius 1 is 1.19 bits per heavy atom. The first-order chi connectivity index (χ1) is 14.9. The fourth-order valence-electron chi connectivity index (χ4n) is 3.52. The van der Waals surface area contributed by atoms with Gasteiger partial charge in [0, 0.05) is 13.0 Å². The summed E-state index contributed by atoms with van der Waals surface area (Å²) in [4.78, 5) is 53.2. The lowest BCUT2D eigenvalue weighted by Gasteiger charge is -2.11. The van der Waals surface area contributed by atoms with E-state index in [2.05, 4.69) is 10.3 Å². The summed E-state index contributed by atoms with van der Waals surface area (Å²) in [6.45, 7) is 0.116. The molecule has 3 N–H and O–H groups in total. The smallest absolute Gasteiger partial charge is 0.338 e. The van der Waals surface area contributed by atoms with E-state index in [-0.39, 0.29) is 16.7 Å². The summed E-state index contributed by atoms with van der Waals surface area (Å²) in [6.07, 6.45) is 3.68. The summed E-state index contributed by atoms with van der Waals surface area (Å²) < 4.78 is 6.79. The number of nitrogens with two attached hydrogens (primary N) is 1. The first kappa shape index (κ1) is 20.7. The molecule has 0 spiro atoms. The van der Waals surface area contributed by atoms with Crippen molar-refractivity contribution in [3.05, 3.63) is 57.0 Å². The summed E-state index contributed by atoms with van der Waals surface area (Å²) in [5.74, 6) is -1.25. The third-order valence-corrected chi connectivity index (χ3v) is 5.90. The molecular formula is C21H20N4O5S. The zero-order chi connectivity index (χ0) is 22.0. The van der Waals surface area contributed by atoms with Crippen molar-refractivity contribution in [2.75, 3.05) is 11.9 Å². The Hall–Kier alpha value is -3.53. The maximum atomic E-state index is 12.8. The van der Waals surface area contributed by atoms with Crippen LogP contribution in [0, 0.1) is 0 Å². The van der Waals surface area contributed by atoms with Crippen LogP contribution >= 0.6 is 11.3 Å². The minimum Gasteiger partial charge on any atom is -0.452 e. The van der Waals surface area contributed by atoms with Gasteiger partial charge < -0.3 is 15.8 Å². The van der Waals surface area contributed by atoms with Crippen LogP contribution in [0.15, 0.2) is 34.4 Å². The molecule has 4 rings (SSSR count). The van der Waals surface area contributed by atoms with Gasteiger partial charge in [0.15, 0.2) is 6.61 Å². The molecule has 0 saturated carbocycles. The number of aromatic nitrogens is 2. The largest absolute Gasteiger partial charge is 0.452 e. The van der Waals surface area contributed by atoms with Crippen molar-refractivity contribution in [2.45, 2.75) is 32.2 Å². The summed E-state index contributed by atoms with van der Waals surface area (Å²) in [5.41, 5.74) is 5.95. The number of rotatable bonds is 5. The van der Waals surface area contributed by atoms with E-state index in [1.165, 1.54) is 18.2 Å². The summed E-state index contributed by atoms with van der Waals surface area (Å²) >= 11 is 1.14. The van der Waals surface area contributed by atoms with Gasteiger partial charge in [0.05, 0.1) is 22.0 Å². The van der Waals surface area contributed by atoms with Crippen LogP contribution in [0.25, 0.3) is 10.9 Å². The molecule has 0 fully saturated rings. The first-order valence-corrected chi connectivity index (χ1v) is 10.7. The van der Waals surface area contributed by atoms with E-state index in [0.29, 0.717) is 22.4 Å². The van der Waals surface area contributed by atoms with E-state index in [9.17, 15) is 19.2 Å². The second-order valence-electron chi connectivity index (χ2n) is 7.18. The molecule has 1 aliphatic heterocycles. The van der Waals surface area contributed by atoms with Gasteiger partial charge >= 0.3 is 5.97 Å². The Morgan fingerprint density at radius 2 is 2.03 bits per heavy atom. The first-order valence-electron chi connectivity index (χ1n) is 9.82. The van der Waals surface area contributed by atoms with Crippen LogP contribution in [0.1, 0.15) is 45.8 Å².